The van der Waals surface area contributed by atoms with Crippen molar-refractivity contribution in [3.05, 3.63) is 35.9 Å². The van der Waals surface area contributed by atoms with Gasteiger partial charge >= 0.3 is 5.97 Å². The van der Waals surface area contributed by atoms with E-state index in [0.29, 0.717) is 5.75 Å². The van der Waals surface area contributed by atoms with E-state index >= 15 is 0 Å². The molecule has 1 rings (SSSR count). The maximum atomic E-state index is 12.2. The molecule has 8 nitrogen and oxygen atoms in total. The molecule has 0 radical (unpaired) electrons. The maximum Gasteiger partial charge on any atom is 0.326 e. The number of thioether (sulfide) groups is 1. The number of benzene rings is 1. The van der Waals surface area contributed by atoms with E-state index in [9.17, 15) is 19.5 Å². The Morgan fingerprint density at radius 3 is 2.27 bits per heavy atom. The van der Waals surface area contributed by atoms with Gasteiger partial charge < -0.3 is 26.6 Å². The lowest BCUT2D eigenvalue weighted by Crippen LogP contribution is -2.56. The van der Waals surface area contributed by atoms with Gasteiger partial charge in [0.25, 0.3) is 0 Å². The number of aliphatic hydroxyl groups is 1. The summed E-state index contributed by atoms with van der Waals surface area (Å²) in [6.45, 7) is -0.662. The van der Waals surface area contributed by atoms with Gasteiger partial charge in [0.15, 0.2) is 0 Å². The van der Waals surface area contributed by atoms with Crippen molar-refractivity contribution in [2.75, 3.05) is 18.6 Å². The molecule has 0 heterocycles. The largest absolute Gasteiger partial charge is 0.480 e. The molecule has 0 bridgehead atoms. The molecule has 0 unspecified atom stereocenters. The second kappa shape index (κ2) is 11.5. The Labute approximate surface area is 156 Å². The summed E-state index contributed by atoms with van der Waals surface area (Å²) in [7, 11) is 0. The summed E-state index contributed by atoms with van der Waals surface area (Å²) in [4.78, 5) is 35.5. The molecule has 2 amide bonds. The van der Waals surface area contributed by atoms with Gasteiger partial charge in [0.2, 0.25) is 11.8 Å². The van der Waals surface area contributed by atoms with E-state index in [1.54, 1.807) is 0 Å². The van der Waals surface area contributed by atoms with Gasteiger partial charge in [-0.3, -0.25) is 9.59 Å². The fourth-order valence-electron chi connectivity index (χ4n) is 2.20. The normalized spacial score (nSPS) is 14.1. The number of carboxylic acids is 1. The van der Waals surface area contributed by atoms with Crippen molar-refractivity contribution in [2.45, 2.75) is 31.0 Å². The maximum absolute atomic E-state index is 12.2. The minimum atomic E-state index is -1.26. The predicted molar refractivity (Wildman–Crippen MR) is 99.7 cm³/mol. The molecule has 1 aromatic carbocycles. The number of aliphatic hydroxyl groups excluding tert-OH is 1. The third-order valence-electron chi connectivity index (χ3n) is 3.68. The monoisotopic (exact) mass is 383 g/mol. The first-order valence-electron chi connectivity index (χ1n) is 8.11. The Morgan fingerprint density at radius 2 is 1.73 bits per heavy atom. The van der Waals surface area contributed by atoms with Gasteiger partial charge in [0, 0.05) is 0 Å². The molecule has 0 aliphatic heterocycles. The van der Waals surface area contributed by atoms with Gasteiger partial charge in [0.1, 0.15) is 12.1 Å². The van der Waals surface area contributed by atoms with Crippen LogP contribution >= 0.6 is 11.8 Å². The van der Waals surface area contributed by atoms with E-state index in [2.05, 4.69) is 10.6 Å². The van der Waals surface area contributed by atoms with Crippen molar-refractivity contribution in [2.24, 2.45) is 5.73 Å². The predicted octanol–water partition coefficient (Wildman–Crippen LogP) is -0.644. The van der Waals surface area contributed by atoms with Crippen molar-refractivity contribution < 1.29 is 24.6 Å². The van der Waals surface area contributed by atoms with Crippen LogP contribution in [0.3, 0.4) is 0 Å². The first-order chi connectivity index (χ1) is 12.4. The lowest BCUT2D eigenvalue weighted by molar-refractivity contribution is -0.142. The van der Waals surface area contributed by atoms with Gasteiger partial charge in [-0.15, -0.1) is 0 Å². The summed E-state index contributed by atoms with van der Waals surface area (Å²) < 4.78 is 0. The zero-order valence-corrected chi connectivity index (χ0v) is 15.4. The molecular weight excluding hydrogens is 358 g/mol. The van der Waals surface area contributed by atoms with Crippen LogP contribution in [0.4, 0.5) is 0 Å². The number of carbonyl (C=O) groups excluding carboxylic acids is 2. The number of nitrogens with two attached hydrogens (primary N) is 1. The molecule has 0 saturated carbocycles. The average molecular weight is 383 g/mol. The highest BCUT2D eigenvalue weighted by molar-refractivity contribution is 7.98. The Balaban J connectivity index is 2.61. The highest BCUT2D eigenvalue weighted by Gasteiger charge is 2.27. The topological polar surface area (TPSA) is 142 Å². The molecule has 6 N–H and O–H groups in total. The fourth-order valence-corrected chi connectivity index (χ4v) is 2.67. The smallest absolute Gasteiger partial charge is 0.326 e. The van der Waals surface area contributed by atoms with Crippen molar-refractivity contribution in [1.29, 1.82) is 0 Å². The van der Waals surface area contributed by atoms with E-state index in [1.165, 1.54) is 11.8 Å². The van der Waals surface area contributed by atoms with Crippen LogP contribution in [0.25, 0.3) is 0 Å². The minimum absolute atomic E-state index is 0.238. The molecule has 3 atom stereocenters. The number of aliphatic carboxylic acids is 1. The zero-order chi connectivity index (χ0) is 19.5. The number of nitrogens with one attached hydrogen (secondary N) is 2. The van der Waals surface area contributed by atoms with Crippen LogP contribution in [0.1, 0.15) is 12.0 Å². The molecule has 9 heteroatoms. The van der Waals surface area contributed by atoms with Crippen LogP contribution in [-0.2, 0) is 20.8 Å². The lowest BCUT2D eigenvalue weighted by atomic mass is 10.1. The number of rotatable bonds is 11. The fraction of sp³-hybridized carbons (Fsp3) is 0.471. The Morgan fingerprint density at radius 1 is 1.12 bits per heavy atom. The van der Waals surface area contributed by atoms with E-state index in [0.717, 1.165) is 5.56 Å². The SMILES string of the molecule is CSCC[C@H](NC(=O)[C@H](CO)NC(=O)[C@@H](N)Cc1ccccc1)C(=O)O. The standard InChI is InChI=1S/C17H25N3O5S/c1-26-8-7-13(17(24)25)19-16(23)14(10-21)20-15(22)12(18)9-11-5-3-2-4-6-11/h2-6,12-14,21H,7-10,18H2,1H3,(H,19,23)(H,20,22)(H,24,25)/t12-,13-,14-/m0/s1. The van der Waals surface area contributed by atoms with Crippen molar-refractivity contribution in [3.63, 3.8) is 0 Å². The summed E-state index contributed by atoms with van der Waals surface area (Å²) >= 11 is 1.45. The number of hydrogen-bond acceptors (Lipinski definition) is 6. The van der Waals surface area contributed by atoms with E-state index in [4.69, 9.17) is 10.8 Å². The van der Waals surface area contributed by atoms with Crippen molar-refractivity contribution >= 4 is 29.5 Å². The third kappa shape index (κ3) is 7.42. The summed E-state index contributed by atoms with van der Waals surface area (Å²) in [5, 5.41) is 23.2. The second-order valence-electron chi connectivity index (χ2n) is 5.72. The van der Waals surface area contributed by atoms with Crippen molar-refractivity contribution in [3.8, 4) is 0 Å². The van der Waals surface area contributed by atoms with Gasteiger partial charge in [0.05, 0.1) is 12.6 Å². The van der Waals surface area contributed by atoms with E-state index < -0.39 is 42.5 Å². The van der Waals surface area contributed by atoms with Crippen LogP contribution in [0.2, 0.25) is 0 Å². The molecule has 1 aromatic rings. The molecule has 0 aliphatic carbocycles. The van der Waals surface area contributed by atoms with E-state index in [1.807, 2.05) is 36.6 Å². The molecular formula is C17H25N3O5S. The van der Waals surface area contributed by atoms with Crippen LogP contribution < -0.4 is 16.4 Å². The van der Waals surface area contributed by atoms with Crippen LogP contribution in [0.15, 0.2) is 30.3 Å². The Bertz CT molecular complexity index is 599. The summed E-state index contributed by atoms with van der Waals surface area (Å²) in [5.74, 6) is -1.98. The lowest BCUT2D eigenvalue weighted by Gasteiger charge is -2.21. The number of hydrogen-bond donors (Lipinski definition) is 5. The molecule has 0 aliphatic rings. The van der Waals surface area contributed by atoms with Crippen LogP contribution in [0.5, 0.6) is 0 Å². The second-order valence-corrected chi connectivity index (χ2v) is 6.71. The van der Waals surface area contributed by atoms with Gasteiger partial charge in [-0.25, -0.2) is 4.79 Å². The first-order valence-corrected chi connectivity index (χ1v) is 9.51. The van der Waals surface area contributed by atoms with Gasteiger partial charge in [-0.05, 0) is 30.4 Å². The minimum Gasteiger partial charge on any atom is -0.480 e. The molecule has 0 fully saturated rings. The zero-order valence-electron chi connectivity index (χ0n) is 14.6. The number of carbonyl (C=O) groups is 3. The van der Waals surface area contributed by atoms with Crippen LogP contribution in [0, 0.1) is 0 Å². The van der Waals surface area contributed by atoms with Crippen molar-refractivity contribution in [1.82, 2.24) is 10.6 Å². The first kappa shape index (κ1) is 21.9. The quantitative estimate of drug-likeness (QED) is 0.342. The highest BCUT2D eigenvalue weighted by atomic mass is 32.2. The number of amides is 2. The molecule has 0 saturated heterocycles. The average Bonchev–Trinajstić information content (AvgIpc) is 2.63. The molecule has 0 aromatic heterocycles. The number of carboxylic acid groups (broad SMARTS) is 1. The molecule has 144 valence electrons. The van der Waals surface area contributed by atoms with Gasteiger partial charge in [-0.1, -0.05) is 30.3 Å². The molecule has 0 spiro atoms. The molecule has 26 heavy (non-hydrogen) atoms. The highest BCUT2D eigenvalue weighted by Crippen LogP contribution is 2.03. The van der Waals surface area contributed by atoms with Crippen LogP contribution in [-0.4, -0.2) is 64.7 Å². The Kier molecular flexibility index (Phi) is 9.71. The van der Waals surface area contributed by atoms with Gasteiger partial charge in [-0.2, -0.15) is 11.8 Å². The summed E-state index contributed by atoms with van der Waals surface area (Å²) in [5.41, 5.74) is 6.71. The third-order valence-corrected chi connectivity index (χ3v) is 4.32. The summed E-state index contributed by atoms with van der Waals surface area (Å²) in [6, 6.07) is 5.90. The summed E-state index contributed by atoms with van der Waals surface area (Å²) in [6.07, 6.45) is 2.34. The Hall–Kier alpha value is -2.10. The van der Waals surface area contributed by atoms with E-state index in [-0.39, 0.29) is 12.8 Å².